The van der Waals surface area contributed by atoms with E-state index < -0.39 is 0 Å². The third-order valence-electron chi connectivity index (χ3n) is 1.88. The van der Waals surface area contributed by atoms with E-state index in [1.54, 1.807) is 19.1 Å². The lowest BCUT2D eigenvalue weighted by Gasteiger charge is -2.07. The van der Waals surface area contributed by atoms with Crippen molar-refractivity contribution in [1.29, 1.82) is 0 Å². The Morgan fingerprint density at radius 1 is 1.27 bits per heavy atom. The zero-order chi connectivity index (χ0) is 11.1. The molecule has 0 atom stereocenters. The maximum absolute atomic E-state index is 13.1. The summed E-state index contributed by atoms with van der Waals surface area (Å²) in [7, 11) is 0. The summed E-state index contributed by atoms with van der Waals surface area (Å²) in [6.07, 6.45) is 0. The first kappa shape index (κ1) is 12.3. The van der Waals surface area contributed by atoms with Crippen LogP contribution in [0, 0.1) is 12.7 Å². The lowest BCUT2D eigenvalue weighted by molar-refractivity contribution is 0.112. The van der Waals surface area contributed by atoms with Crippen LogP contribution in [0.25, 0.3) is 0 Å². The van der Waals surface area contributed by atoms with Gasteiger partial charge in [-0.15, -0.1) is 0 Å². The first-order valence-corrected chi connectivity index (χ1v) is 5.45. The molecule has 0 aliphatic rings. The Morgan fingerprint density at radius 2 is 2.07 bits per heavy atom. The van der Waals surface area contributed by atoms with Gasteiger partial charge in [0.15, 0.2) is 0 Å². The average Bonchev–Trinajstić information content (AvgIpc) is 2.23. The first-order valence-electron chi connectivity index (χ1n) is 4.81. The average molecular weight is 230 g/mol. The van der Waals surface area contributed by atoms with E-state index in [0.29, 0.717) is 36.9 Å². The molecular weight excluding hydrogens is 215 g/mol. The first-order chi connectivity index (χ1) is 7.24. The Kier molecular flexibility index (Phi) is 5.50. The topological polar surface area (TPSA) is 18.5 Å². The highest BCUT2D eigenvalue weighted by atomic mass is 32.1. The van der Waals surface area contributed by atoms with Gasteiger partial charge in [0.1, 0.15) is 18.2 Å². The predicted octanol–water partition coefficient (Wildman–Crippen LogP) is 2.46. The molecule has 0 amide bonds. The Balaban J connectivity index is 2.28. The third-order valence-corrected chi connectivity index (χ3v) is 2.06. The molecule has 0 N–H and O–H groups in total. The van der Waals surface area contributed by atoms with Crippen molar-refractivity contribution in [3.8, 4) is 5.75 Å². The standard InChI is InChI=1S/C11H15FO2S/c1-9-2-3-10(8-11(9)12)14-5-4-13-6-7-15/h2-3,8,15H,4-7H2,1H3. The fourth-order valence-corrected chi connectivity index (χ4v) is 1.18. The van der Waals surface area contributed by atoms with E-state index >= 15 is 0 Å². The molecule has 1 aromatic carbocycles. The lowest BCUT2D eigenvalue weighted by atomic mass is 10.2. The molecule has 0 heterocycles. The fraction of sp³-hybridized carbons (Fsp3) is 0.455. The quantitative estimate of drug-likeness (QED) is 0.598. The molecule has 15 heavy (non-hydrogen) atoms. The molecule has 2 nitrogen and oxygen atoms in total. The largest absolute Gasteiger partial charge is 0.491 e. The Hall–Kier alpha value is -0.740. The van der Waals surface area contributed by atoms with Gasteiger partial charge in [0.05, 0.1) is 13.2 Å². The Labute approximate surface area is 94.8 Å². The van der Waals surface area contributed by atoms with Crippen molar-refractivity contribution in [1.82, 2.24) is 0 Å². The van der Waals surface area contributed by atoms with Crippen molar-refractivity contribution >= 4 is 12.6 Å². The summed E-state index contributed by atoms with van der Waals surface area (Å²) in [5, 5.41) is 0. The molecule has 0 aromatic heterocycles. The van der Waals surface area contributed by atoms with Gasteiger partial charge in [-0.25, -0.2) is 4.39 Å². The van der Waals surface area contributed by atoms with E-state index in [-0.39, 0.29) is 5.82 Å². The van der Waals surface area contributed by atoms with Crippen molar-refractivity contribution in [3.05, 3.63) is 29.6 Å². The van der Waals surface area contributed by atoms with Crippen molar-refractivity contribution in [2.75, 3.05) is 25.6 Å². The number of benzene rings is 1. The maximum atomic E-state index is 13.1. The molecule has 0 radical (unpaired) electrons. The fourth-order valence-electron chi connectivity index (χ4n) is 1.05. The van der Waals surface area contributed by atoms with Gasteiger partial charge in [-0.05, 0) is 18.6 Å². The van der Waals surface area contributed by atoms with Crippen LogP contribution in [0.5, 0.6) is 5.75 Å². The summed E-state index contributed by atoms with van der Waals surface area (Å²) in [5.74, 6) is 0.982. The smallest absolute Gasteiger partial charge is 0.129 e. The molecule has 0 bridgehead atoms. The number of aryl methyl sites for hydroxylation is 1. The number of hydrogen-bond acceptors (Lipinski definition) is 3. The molecule has 0 aliphatic carbocycles. The van der Waals surface area contributed by atoms with E-state index in [0.717, 1.165) is 0 Å². The monoisotopic (exact) mass is 230 g/mol. The normalized spacial score (nSPS) is 10.3. The zero-order valence-electron chi connectivity index (χ0n) is 8.70. The van der Waals surface area contributed by atoms with Gasteiger partial charge in [-0.1, -0.05) is 6.07 Å². The van der Waals surface area contributed by atoms with Crippen LogP contribution in [-0.4, -0.2) is 25.6 Å². The van der Waals surface area contributed by atoms with Gasteiger partial charge in [0.25, 0.3) is 0 Å². The van der Waals surface area contributed by atoms with Crippen LogP contribution in [0.1, 0.15) is 5.56 Å². The molecule has 1 aromatic rings. The van der Waals surface area contributed by atoms with Gasteiger partial charge in [0, 0.05) is 11.8 Å². The van der Waals surface area contributed by atoms with Crippen LogP contribution in [0.15, 0.2) is 18.2 Å². The van der Waals surface area contributed by atoms with E-state index in [9.17, 15) is 4.39 Å². The minimum absolute atomic E-state index is 0.247. The molecule has 4 heteroatoms. The van der Waals surface area contributed by atoms with Crippen molar-refractivity contribution < 1.29 is 13.9 Å². The molecular formula is C11H15FO2S. The number of hydrogen-bond donors (Lipinski definition) is 1. The summed E-state index contributed by atoms with van der Waals surface area (Å²) in [6.45, 7) is 3.25. The summed E-state index contributed by atoms with van der Waals surface area (Å²) in [6, 6.07) is 4.82. The minimum atomic E-state index is -0.247. The van der Waals surface area contributed by atoms with Crippen molar-refractivity contribution in [2.45, 2.75) is 6.92 Å². The van der Waals surface area contributed by atoms with E-state index in [4.69, 9.17) is 9.47 Å². The van der Waals surface area contributed by atoms with E-state index in [2.05, 4.69) is 12.6 Å². The van der Waals surface area contributed by atoms with Gasteiger partial charge in [-0.3, -0.25) is 0 Å². The second-order valence-electron chi connectivity index (χ2n) is 3.10. The van der Waals surface area contributed by atoms with Gasteiger partial charge in [-0.2, -0.15) is 12.6 Å². The lowest BCUT2D eigenvalue weighted by Crippen LogP contribution is -2.08. The highest BCUT2D eigenvalue weighted by Crippen LogP contribution is 2.15. The summed E-state index contributed by atoms with van der Waals surface area (Å²) >= 11 is 4.00. The number of rotatable bonds is 6. The number of thiol groups is 1. The molecule has 0 unspecified atom stereocenters. The molecule has 0 aliphatic heterocycles. The van der Waals surface area contributed by atoms with Crippen LogP contribution in [-0.2, 0) is 4.74 Å². The summed E-state index contributed by atoms with van der Waals surface area (Å²) < 4.78 is 23.5. The van der Waals surface area contributed by atoms with Crippen LogP contribution >= 0.6 is 12.6 Å². The SMILES string of the molecule is Cc1ccc(OCCOCCS)cc1F. The van der Waals surface area contributed by atoms with Gasteiger partial charge >= 0.3 is 0 Å². The molecule has 84 valence electrons. The van der Waals surface area contributed by atoms with Crippen LogP contribution in [0.3, 0.4) is 0 Å². The zero-order valence-corrected chi connectivity index (χ0v) is 9.60. The summed E-state index contributed by atoms with van der Waals surface area (Å²) in [5.41, 5.74) is 0.619. The van der Waals surface area contributed by atoms with Crippen molar-refractivity contribution in [2.24, 2.45) is 0 Å². The maximum Gasteiger partial charge on any atom is 0.129 e. The third kappa shape index (κ3) is 4.53. The Morgan fingerprint density at radius 3 is 2.73 bits per heavy atom. The molecule has 1 rings (SSSR count). The predicted molar refractivity (Wildman–Crippen MR) is 61.3 cm³/mol. The van der Waals surface area contributed by atoms with Crippen LogP contribution in [0.4, 0.5) is 4.39 Å². The van der Waals surface area contributed by atoms with Crippen LogP contribution < -0.4 is 4.74 Å². The number of halogens is 1. The van der Waals surface area contributed by atoms with E-state index in [1.807, 2.05) is 0 Å². The second-order valence-corrected chi connectivity index (χ2v) is 3.54. The van der Waals surface area contributed by atoms with Crippen molar-refractivity contribution in [3.63, 3.8) is 0 Å². The number of ether oxygens (including phenoxy) is 2. The second kappa shape index (κ2) is 6.69. The molecule has 0 spiro atoms. The van der Waals surface area contributed by atoms with Crippen LogP contribution in [0.2, 0.25) is 0 Å². The highest BCUT2D eigenvalue weighted by molar-refractivity contribution is 7.80. The Bertz CT molecular complexity index is 305. The van der Waals surface area contributed by atoms with Gasteiger partial charge in [0.2, 0.25) is 0 Å². The minimum Gasteiger partial charge on any atom is -0.491 e. The van der Waals surface area contributed by atoms with E-state index in [1.165, 1.54) is 6.07 Å². The highest BCUT2D eigenvalue weighted by Gasteiger charge is 1.99. The summed E-state index contributed by atoms with van der Waals surface area (Å²) in [4.78, 5) is 0. The molecule has 0 fully saturated rings. The molecule has 0 saturated heterocycles. The van der Waals surface area contributed by atoms with Gasteiger partial charge < -0.3 is 9.47 Å². The molecule has 0 saturated carbocycles.